The number of aliphatic hydroxyl groups excluding tert-OH is 2. The molecule has 0 radical (unpaired) electrons. The lowest BCUT2D eigenvalue weighted by Crippen LogP contribution is -2.36. The Morgan fingerprint density at radius 3 is 1.89 bits per heavy atom. The van der Waals surface area contributed by atoms with Gasteiger partial charge in [0.1, 0.15) is 52.3 Å². The molecule has 0 saturated carbocycles. The first-order chi connectivity index (χ1) is 47.2. The van der Waals surface area contributed by atoms with Crippen LogP contribution >= 0.6 is 23.1 Å². The highest BCUT2D eigenvalue weighted by Crippen LogP contribution is 2.34. The predicted octanol–water partition coefficient (Wildman–Crippen LogP) is 5.21. The molecule has 2 aromatic carbocycles. The number of primary amides is 2. The van der Waals surface area contributed by atoms with Gasteiger partial charge in [-0.3, -0.25) is 52.9 Å². The van der Waals surface area contributed by atoms with Crippen LogP contribution in [0.15, 0.2) is 47.5 Å². The number of carbonyl (C=O) groups excluding carboxylic acids is 12. The number of hydrogen-bond donors (Lipinski definition) is 12. The number of carbonyl (C=O) groups is 12. The number of thiazole rings is 1. The van der Waals surface area contributed by atoms with Gasteiger partial charge in [0.15, 0.2) is 11.0 Å². The number of thioether (sulfide) groups is 1. The van der Waals surface area contributed by atoms with E-state index in [-0.39, 0.29) is 149 Å². The molecule has 3 aromatic rings. The number of aliphatic imine (C=N–C) groups is 1. The van der Waals surface area contributed by atoms with Gasteiger partial charge in [0.25, 0.3) is 0 Å². The van der Waals surface area contributed by atoms with Gasteiger partial charge in [-0.25, -0.2) is 9.78 Å². The number of rotatable bonds is 50. The number of anilines is 1. The van der Waals surface area contributed by atoms with Crippen LogP contribution in [0.2, 0.25) is 0 Å². The highest BCUT2D eigenvalue weighted by Gasteiger charge is 2.43. The SMILES string of the molecule is CC(=O)CC(Cc1ccc(O)cc1)C(=O)Nc1ccc2nc(C#N)sc2c1.CC(CCC(N)=O)CC(=O)C(CCC(N)=O)CC(=O)C(CO)CC(=O)C(CCCCN)CC(=O)C(CCCN=C(N)N)CC(=O)C(CO)CC(=O)CCCCCNC(=O)CCCCC1SCC2NC(=O)NC21. The summed E-state index contributed by atoms with van der Waals surface area (Å²) in [7, 11) is 0. The standard InChI is InChI=1S/C50H85N9O12S.C20H17N3O3S/c1-31(15-17-45(52)68)22-39(63)34(16-18-46(53)69)26-43(67)36(29-61)27-41(65)32(10-6-7-19-51)24-40(64)33(11-9-21-57-49(54)55)25-42(66)35(28-60)23-37(62)12-3-2-8-20-56-47(70)14-5-4-13-44-48-38(30-72-44)58-50(71)59-48;1-12(24)8-14(9-13-2-5-16(25)6-3-13)20(26)22-15-4-7-17-18(10-15)27-19(11-21)23-17/h31-36,38,44,48,60-61H,2-30,51H2,1H3,(H2,52,68)(H2,53,69)(H,56,70)(H4,54,55,57)(H2,58,59,71);2-7,10,14,25H,8-9H2,1H3,(H,22,26). The molecule has 6 amide bonds. The molecule has 10 unspecified atom stereocenters. The monoisotopic (exact) mass is 1410 g/mol. The number of nitrogens with two attached hydrogens (primary N) is 5. The van der Waals surface area contributed by atoms with E-state index in [9.17, 15) is 72.9 Å². The lowest BCUT2D eigenvalue weighted by molar-refractivity contribution is -0.136. The Labute approximate surface area is 586 Å². The van der Waals surface area contributed by atoms with Gasteiger partial charge in [0, 0.05) is 136 Å². The van der Waals surface area contributed by atoms with E-state index in [0.29, 0.717) is 92.3 Å². The number of benzene rings is 2. The maximum atomic E-state index is 14.1. The minimum Gasteiger partial charge on any atom is -0.508 e. The number of aromatic hydroxyl groups is 1. The third-order valence-electron chi connectivity index (χ3n) is 17.8. The van der Waals surface area contributed by atoms with Crippen molar-refractivity contribution in [2.45, 2.75) is 192 Å². The van der Waals surface area contributed by atoms with Crippen LogP contribution in [0.25, 0.3) is 10.2 Å². The van der Waals surface area contributed by atoms with E-state index in [1.54, 1.807) is 49.4 Å². The Kier molecular flexibility index (Phi) is 37.8. The van der Waals surface area contributed by atoms with E-state index in [4.69, 9.17) is 33.9 Å². The zero-order valence-corrected chi connectivity index (χ0v) is 58.7. The first kappa shape index (κ1) is 83.4. The van der Waals surface area contributed by atoms with E-state index in [0.717, 1.165) is 35.3 Å². The largest absolute Gasteiger partial charge is 0.508 e. The van der Waals surface area contributed by atoms with Crippen LogP contribution in [0.5, 0.6) is 5.75 Å². The molecular formula is C70H102N12O15S2. The summed E-state index contributed by atoms with van der Waals surface area (Å²) in [5, 5.41) is 51.3. The molecule has 544 valence electrons. The molecule has 0 aliphatic carbocycles. The number of urea groups is 1. The number of aliphatic hydroxyl groups is 2. The Morgan fingerprint density at radius 1 is 0.677 bits per heavy atom. The molecule has 5 rings (SSSR count). The molecular weight excluding hydrogens is 1310 g/mol. The minimum atomic E-state index is -1.21. The first-order valence-corrected chi connectivity index (χ1v) is 36.1. The zero-order valence-electron chi connectivity index (χ0n) is 57.0. The number of hydrogen-bond acceptors (Lipinski definition) is 21. The molecule has 2 fully saturated rings. The van der Waals surface area contributed by atoms with Crippen molar-refractivity contribution >= 4 is 115 Å². The molecule has 17 N–H and O–H groups in total. The van der Waals surface area contributed by atoms with E-state index < -0.39 is 90.1 Å². The number of ketones is 7. The predicted molar refractivity (Wildman–Crippen MR) is 377 cm³/mol. The van der Waals surface area contributed by atoms with Crippen molar-refractivity contribution in [1.29, 1.82) is 5.26 Å². The van der Waals surface area contributed by atoms with E-state index in [1.807, 2.05) is 17.8 Å². The molecule has 27 nitrogen and oxygen atoms in total. The number of guanidine groups is 1. The summed E-state index contributed by atoms with van der Waals surface area (Å²) >= 11 is 3.11. The normalized spacial score (nSPS) is 16.7. The molecule has 2 saturated heterocycles. The minimum absolute atomic E-state index is 0.0128. The Balaban J connectivity index is 0.000000634. The molecule has 10 atom stereocenters. The summed E-state index contributed by atoms with van der Waals surface area (Å²) in [5.74, 6) is -8.90. The van der Waals surface area contributed by atoms with Gasteiger partial charge in [-0.15, -0.1) is 11.3 Å². The quantitative estimate of drug-likeness (QED) is 0.0149. The van der Waals surface area contributed by atoms with E-state index in [1.165, 1.54) is 18.3 Å². The number of amides is 6. The van der Waals surface area contributed by atoms with Gasteiger partial charge >= 0.3 is 6.03 Å². The fourth-order valence-corrected chi connectivity index (χ4v) is 14.5. The van der Waals surface area contributed by atoms with Crippen molar-refractivity contribution in [1.82, 2.24) is 20.9 Å². The van der Waals surface area contributed by atoms with Crippen LogP contribution < -0.4 is 49.9 Å². The number of fused-ring (bicyclic) bond motifs is 2. The molecule has 3 heterocycles. The number of phenolic OH excluding ortho intramolecular Hbond substituents is 1. The van der Waals surface area contributed by atoms with Gasteiger partial charge in [0.2, 0.25) is 23.6 Å². The lowest BCUT2D eigenvalue weighted by atomic mass is 9.79. The second kappa shape index (κ2) is 44.9. The third kappa shape index (κ3) is 31.8. The third-order valence-corrected chi connectivity index (χ3v) is 20.2. The van der Waals surface area contributed by atoms with Crippen molar-refractivity contribution in [3.63, 3.8) is 0 Å². The van der Waals surface area contributed by atoms with Crippen LogP contribution in [0.3, 0.4) is 0 Å². The molecule has 0 spiro atoms. The highest BCUT2D eigenvalue weighted by atomic mass is 32.2. The van der Waals surface area contributed by atoms with Crippen molar-refractivity contribution in [2.24, 2.45) is 75.1 Å². The number of unbranched alkanes of at least 4 members (excludes halogenated alkanes) is 4. The molecule has 2 aliphatic heterocycles. The van der Waals surface area contributed by atoms with Gasteiger partial charge in [-0.2, -0.15) is 17.0 Å². The second-order valence-corrected chi connectivity index (χ2v) is 28.4. The Bertz CT molecular complexity index is 3280. The summed E-state index contributed by atoms with van der Waals surface area (Å²) in [6, 6.07) is 14.1. The average molecular weight is 1420 g/mol. The maximum absolute atomic E-state index is 14.1. The van der Waals surface area contributed by atoms with E-state index >= 15 is 0 Å². The number of nitrogens with one attached hydrogen (secondary N) is 4. The van der Waals surface area contributed by atoms with Crippen molar-refractivity contribution in [2.75, 3.05) is 43.9 Å². The van der Waals surface area contributed by atoms with Crippen LogP contribution in [0.1, 0.15) is 179 Å². The fourth-order valence-electron chi connectivity index (χ4n) is 12.1. The molecule has 1 aromatic heterocycles. The van der Waals surface area contributed by atoms with Crippen LogP contribution in [0, 0.1) is 52.8 Å². The molecule has 2 aliphatic rings. The number of Topliss-reactive ketones (excluding diaryl/α,β-unsaturated/α-hetero) is 7. The zero-order chi connectivity index (χ0) is 73.0. The summed E-state index contributed by atoms with van der Waals surface area (Å²) in [6.45, 7) is 2.83. The number of nitriles is 1. The van der Waals surface area contributed by atoms with Crippen LogP contribution in [-0.4, -0.2) is 152 Å². The number of phenols is 1. The van der Waals surface area contributed by atoms with Crippen molar-refractivity contribution < 1.29 is 72.9 Å². The van der Waals surface area contributed by atoms with Gasteiger partial charge in [-0.1, -0.05) is 38.3 Å². The highest BCUT2D eigenvalue weighted by molar-refractivity contribution is 8.00. The summed E-state index contributed by atoms with van der Waals surface area (Å²) in [5.41, 5.74) is 29.5. The van der Waals surface area contributed by atoms with E-state index in [2.05, 4.69) is 31.2 Å². The van der Waals surface area contributed by atoms with Crippen molar-refractivity contribution in [3.05, 3.63) is 53.0 Å². The lowest BCUT2D eigenvalue weighted by Gasteiger charge is -2.23. The maximum Gasteiger partial charge on any atom is 0.315 e. The first-order valence-electron chi connectivity index (χ1n) is 34.3. The van der Waals surface area contributed by atoms with Gasteiger partial charge < -0.3 is 70.0 Å². The second-order valence-electron chi connectivity index (χ2n) is 26.1. The Hall–Kier alpha value is -8.04. The Morgan fingerprint density at radius 2 is 1.27 bits per heavy atom. The fraction of sp³-hybridized carbons (Fsp3) is 0.614. The summed E-state index contributed by atoms with van der Waals surface area (Å²) in [4.78, 5) is 161. The topological polar surface area (TPSA) is 493 Å². The average Bonchev–Trinajstić information content (AvgIpc) is 1.69. The summed E-state index contributed by atoms with van der Waals surface area (Å²) in [6.07, 6.45) is 5.85. The molecule has 0 bridgehead atoms. The summed E-state index contributed by atoms with van der Waals surface area (Å²) < 4.78 is 0.811. The number of aromatic nitrogens is 1. The smallest absolute Gasteiger partial charge is 0.315 e. The molecule has 29 heteroatoms. The molecule has 99 heavy (non-hydrogen) atoms. The van der Waals surface area contributed by atoms with Gasteiger partial charge in [-0.05, 0) is 126 Å². The number of nitrogens with zero attached hydrogens (tertiary/aromatic N) is 3. The van der Waals surface area contributed by atoms with Gasteiger partial charge in [0.05, 0.1) is 35.5 Å². The van der Waals surface area contributed by atoms with Crippen LogP contribution in [-0.2, 0) is 59.2 Å². The van der Waals surface area contributed by atoms with Crippen molar-refractivity contribution in [3.8, 4) is 11.8 Å². The van der Waals surface area contributed by atoms with Crippen LogP contribution in [0.4, 0.5) is 10.5 Å².